The van der Waals surface area contributed by atoms with Crippen molar-refractivity contribution < 1.29 is 9.36 Å². The van der Waals surface area contributed by atoms with Crippen molar-refractivity contribution >= 4 is 73.5 Å². The minimum Gasteiger partial charge on any atom is -0.313 e. The van der Waals surface area contributed by atoms with Crippen LogP contribution in [0.3, 0.4) is 0 Å². The molecule has 3 atom stereocenters. The van der Waals surface area contributed by atoms with E-state index in [-0.39, 0.29) is 17.4 Å². The van der Waals surface area contributed by atoms with E-state index in [1.165, 1.54) is 48.3 Å². The van der Waals surface area contributed by atoms with E-state index < -0.39 is 7.14 Å². The fourth-order valence-corrected chi connectivity index (χ4v) is 11.4. The minimum absolute atomic E-state index is 0.0204. The first-order chi connectivity index (χ1) is 19.6. The van der Waals surface area contributed by atoms with E-state index in [0.29, 0.717) is 6.42 Å². The number of benzene rings is 6. The second kappa shape index (κ2) is 7.90. The molecule has 190 valence electrons. The molecule has 2 nitrogen and oxygen atoms in total. The molecular formula is C37H25O2P. The van der Waals surface area contributed by atoms with E-state index >= 15 is 4.57 Å². The first kappa shape index (κ1) is 22.5. The van der Waals surface area contributed by atoms with Gasteiger partial charge in [-0.1, -0.05) is 103 Å². The number of ketones is 1. The predicted molar refractivity (Wildman–Crippen MR) is 168 cm³/mol. The third-order valence-corrected chi connectivity index (χ3v) is 13.1. The molecule has 9 rings (SSSR count). The van der Waals surface area contributed by atoms with Gasteiger partial charge in [-0.15, -0.1) is 0 Å². The molecule has 40 heavy (non-hydrogen) atoms. The van der Waals surface area contributed by atoms with Gasteiger partial charge in [0.15, 0.2) is 5.78 Å². The van der Waals surface area contributed by atoms with Gasteiger partial charge in [-0.2, -0.15) is 0 Å². The zero-order chi connectivity index (χ0) is 26.6. The number of hydrogen-bond donors (Lipinski definition) is 0. The number of allylic oxidation sites excluding steroid dienone is 4. The Kier molecular flexibility index (Phi) is 4.45. The highest BCUT2D eigenvalue weighted by atomic mass is 31.2. The van der Waals surface area contributed by atoms with Crippen molar-refractivity contribution in [3.8, 4) is 0 Å². The van der Waals surface area contributed by atoms with Crippen LogP contribution < -0.4 is 15.7 Å². The smallest absolute Gasteiger partial charge is 0.156 e. The largest absolute Gasteiger partial charge is 0.313 e. The molecule has 0 amide bonds. The third-order valence-electron chi connectivity index (χ3n) is 9.49. The maximum atomic E-state index is 16.1. The molecule has 0 saturated heterocycles. The number of hydrogen-bond acceptors (Lipinski definition) is 2. The number of rotatable bonds is 3. The van der Waals surface area contributed by atoms with E-state index in [1.54, 1.807) is 6.08 Å². The Labute approximate surface area is 231 Å². The van der Waals surface area contributed by atoms with Gasteiger partial charge in [0.25, 0.3) is 0 Å². The van der Waals surface area contributed by atoms with Crippen LogP contribution in [0, 0.1) is 0 Å². The van der Waals surface area contributed by atoms with E-state index in [9.17, 15) is 4.79 Å². The Bertz CT molecular complexity index is 2320. The average molecular weight is 533 g/mol. The van der Waals surface area contributed by atoms with Crippen LogP contribution in [0.1, 0.15) is 24.3 Å². The van der Waals surface area contributed by atoms with Crippen LogP contribution >= 0.6 is 7.14 Å². The molecule has 6 aromatic rings. The molecule has 3 aliphatic carbocycles. The van der Waals surface area contributed by atoms with Crippen molar-refractivity contribution in [2.45, 2.75) is 24.4 Å². The SMILES string of the molecule is O=C1C=CC(P(=O)(C2=CC=c3ccc4cccc5c4c3C2CC=5)c2ccc3ccc4cccc5ccc2c3c45)C1. The molecule has 0 heterocycles. The Balaban J connectivity index is 1.37. The van der Waals surface area contributed by atoms with Crippen LogP contribution in [0.2, 0.25) is 0 Å². The molecule has 0 saturated carbocycles. The van der Waals surface area contributed by atoms with Gasteiger partial charge in [0.05, 0.1) is 0 Å². The van der Waals surface area contributed by atoms with Gasteiger partial charge in [0, 0.05) is 28.6 Å². The van der Waals surface area contributed by atoms with Crippen molar-refractivity contribution in [3.63, 3.8) is 0 Å². The Hall–Kier alpha value is -4.26. The number of carbonyl (C=O) groups excluding carboxylic acids is 1. The van der Waals surface area contributed by atoms with Gasteiger partial charge in [-0.3, -0.25) is 4.79 Å². The maximum absolute atomic E-state index is 16.1. The summed E-state index contributed by atoms with van der Waals surface area (Å²) in [6.45, 7) is 0. The summed E-state index contributed by atoms with van der Waals surface area (Å²) in [5.74, 6) is 0.0822. The predicted octanol–water partition coefficient (Wildman–Crippen LogP) is 7.27. The highest BCUT2D eigenvalue weighted by Gasteiger charge is 2.45. The Morgan fingerprint density at radius 2 is 1.38 bits per heavy atom. The molecular weight excluding hydrogens is 507 g/mol. The zero-order valence-corrected chi connectivity index (χ0v) is 22.7. The summed E-state index contributed by atoms with van der Waals surface area (Å²) in [5, 5.41) is 13.8. The molecule has 3 heteroatoms. The van der Waals surface area contributed by atoms with Crippen LogP contribution in [0.15, 0.2) is 108 Å². The normalized spacial score (nSPS) is 21.1. The van der Waals surface area contributed by atoms with Gasteiger partial charge in [-0.05, 0) is 77.7 Å². The highest BCUT2D eigenvalue weighted by Crippen LogP contribution is 2.65. The van der Waals surface area contributed by atoms with Gasteiger partial charge in [-0.25, -0.2) is 0 Å². The Morgan fingerprint density at radius 1 is 0.675 bits per heavy atom. The van der Waals surface area contributed by atoms with Gasteiger partial charge in [0.1, 0.15) is 7.14 Å². The topological polar surface area (TPSA) is 34.1 Å². The molecule has 0 aromatic heterocycles. The molecule has 0 fully saturated rings. The lowest BCUT2D eigenvalue weighted by Gasteiger charge is -2.35. The van der Waals surface area contributed by atoms with E-state index in [0.717, 1.165) is 27.8 Å². The quantitative estimate of drug-likeness (QED) is 0.177. The lowest BCUT2D eigenvalue weighted by molar-refractivity contribution is -0.113. The number of carbonyl (C=O) groups is 1. The molecule has 6 aromatic carbocycles. The standard InChI is InChI=1S/C37H25O2P/c38-28-15-16-29(21-28)40(39,32-19-13-26-9-7-22-3-1-5-24-11-17-30(32)36(26)34(22)24)33-20-14-27-10-8-23-4-2-6-25-12-18-31(33)37(27)35(23)25/h1-17,19-20,29,31H,18,21H2. The summed E-state index contributed by atoms with van der Waals surface area (Å²) in [7, 11) is -3.27. The first-order valence-corrected chi connectivity index (χ1v) is 15.8. The van der Waals surface area contributed by atoms with Crippen molar-refractivity contribution in [1.82, 2.24) is 0 Å². The third kappa shape index (κ3) is 2.85. The average Bonchev–Trinajstić information content (AvgIpc) is 3.45. The molecule has 0 N–H and O–H groups in total. The summed E-state index contributed by atoms with van der Waals surface area (Å²) in [4.78, 5) is 12.6. The van der Waals surface area contributed by atoms with Crippen LogP contribution in [-0.4, -0.2) is 11.4 Å². The maximum Gasteiger partial charge on any atom is 0.156 e. The lowest BCUT2D eigenvalue weighted by Crippen LogP contribution is -2.28. The van der Waals surface area contributed by atoms with Crippen LogP contribution in [0.4, 0.5) is 0 Å². The van der Waals surface area contributed by atoms with Crippen molar-refractivity contribution in [3.05, 3.63) is 124 Å². The molecule has 3 unspecified atom stereocenters. The second-order valence-electron chi connectivity index (χ2n) is 11.5. The summed E-state index contributed by atoms with van der Waals surface area (Å²) in [6, 6.07) is 30.2. The summed E-state index contributed by atoms with van der Waals surface area (Å²) < 4.78 is 16.1. The molecule has 3 aliphatic rings. The first-order valence-electron chi connectivity index (χ1n) is 14.0. The summed E-state index contributed by atoms with van der Waals surface area (Å²) in [5.41, 5.74) is 0.954. The summed E-state index contributed by atoms with van der Waals surface area (Å²) >= 11 is 0. The van der Waals surface area contributed by atoms with Crippen LogP contribution in [0.5, 0.6) is 0 Å². The zero-order valence-electron chi connectivity index (χ0n) is 21.8. The second-order valence-corrected chi connectivity index (χ2v) is 14.4. The van der Waals surface area contributed by atoms with Gasteiger partial charge >= 0.3 is 0 Å². The van der Waals surface area contributed by atoms with E-state index in [1.807, 2.05) is 6.08 Å². The van der Waals surface area contributed by atoms with Crippen molar-refractivity contribution in [1.29, 1.82) is 0 Å². The highest BCUT2D eigenvalue weighted by molar-refractivity contribution is 7.77. The monoisotopic (exact) mass is 532 g/mol. The summed E-state index contributed by atoms with van der Waals surface area (Å²) in [6.07, 6.45) is 11.3. The van der Waals surface area contributed by atoms with Gasteiger partial charge < -0.3 is 4.57 Å². The Morgan fingerprint density at radius 3 is 2.17 bits per heavy atom. The van der Waals surface area contributed by atoms with E-state index in [2.05, 4.69) is 103 Å². The van der Waals surface area contributed by atoms with Crippen molar-refractivity contribution in [2.24, 2.45) is 0 Å². The molecule has 0 bridgehead atoms. The molecule has 0 aliphatic heterocycles. The molecule has 0 spiro atoms. The fourth-order valence-electron chi connectivity index (χ4n) is 7.74. The van der Waals surface area contributed by atoms with E-state index in [4.69, 9.17) is 0 Å². The van der Waals surface area contributed by atoms with Gasteiger partial charge in [0.2, 0.25) is 0 Å². The lowest BCUT2D eigenvalue weighted by atomic mass is 9.82. The minimum atomic E-state index is -3.27. The van der Waals surface area contributed by atoms with Crippen LogP contribution in [0.25, 0.3) is 55.2 Å². The van der Waals surface area contributed by atoms with Crippen LogP contribution in [-0.2, 0) is 9.36 Å². The van der Waals surface area contributed by atoms with Crippen molar-refractivity contribution in [2.75, 3.05) is 0 Å². The fraction of sp³-hybridized carbons (Fsp3) is 0.108. The molecule has 0 radical (unpaired) electrons.